The molecule has 0 fully saturated rings. The number of aliphatic hydroxyl groups is 1. The standard InChI is InChI=1S/C24H25F3N6O5/c25-24(26,27)38-18-6-3-4-16(14-18)15-22(36)29-20-8-7-17(31-32-20)5-1-2-11-33-12-9-19(30-23(33)37)28-21(35)10-13-34/h3-4,6-9,12,14,34H,1-2,5,10-11,13,15H2,(H,29,32,36)(H,28,30,35,37). The molecule has 14 heteroatoms. The lowest BCUT2D eigenvalue weighted by Crippen LogP contribution is -2.25. The summed E-state index contributed by atoms with van der Waals surface area (Å²) in [5.74, 6) is -1.00. The van der Waals surface area contributed by atoms with Crippen molar-refractivity contribution in [3.63, 3.8) is 0 Å². The van der Waals surface area contributed by atoms with Gasteiger partial charge in [0, 0.05) is 12.7 Å². The summed E-state index contributed by atoms with van der Waals surface area (Å²) < 4.78 is 42.4. The van der Waals surface area contributed by atoms with Gasteiger partial charge in [0.25, 0.3) is 0 Å². The fraction of sp³-hybridized carbons (Fsp3) is 0.333. The Balaban J connectivity index is 1.42. The number of aryl methyl sites for hydroxylation is 2. The zero-order chi connectivity index (χ0) is 27.5. The first-order chi connectivity index (χ1) is 18.1. The van der Waals surface area contributed by atoms with E-state index in [4.69, 9.17) is 5.11 Å². The van der Waals surface area contributed by atoms with Crippen molar-refractivity contribution in [3.05, 3.63) is 70.4 Å². The molecule has 0 radical (unpaired) electrons. The first-order valence-corrected chi connectivity index (χ1v) is 11.6. The number of unbranched alkanes of at least 4 members (excludes halogenated alkanes) is 1. The maximum absolute atomic E-state index is 12.4. The van der Waals surface area contributed by atoms with Gasteiger partial charge in [0.1, 0.15) is 11.6 Å². The van der Waals surface area contributed by atoms with Gasteiger partial charge in [0.05, 0.1) is 25.1 Å². The van der Waals surface area contributed by atoms with Crippen LogP contribution in [0.1, 0.15) is 30.5 Å². The molecule has 2 heterocycles. The summed E-state index contributed by atoms with van der Waals surface area (Å²) in [6.07, 6.45) is -1.64. The third kappa shape index (κ3) is 9.61. The maximum Gasteiger partial charge on any atom is 0.573 e. The van der Waals surface area contributed by atoms with Gasteiger partial charge < -0.3 is 20.5 Å². The van der Waals surface area contributed by atoms with Crippen LogP contribution in [0.3, 0.4) is 0 Å². The van der Waals surface area contributed by atoms with Crippen molar-refractivity contribution >= 4 is 23.5 Å². The van der Waals surface area contributed by atoms with Crippen LogP contribution in [0.5, 0.6) is 5.75 Å². The Hall–Kier alpha value is -4.33. The molecular weight excluding hydrogens is 509 g/mol. The number of amides is 2. The number of halogens is 3. The molecule has 0 aliphatic heterocycles. The minimum absolute atomic E-state index is 0.0837. The quantitative estimate of drug-likeness (QED) is 0.300. The highest BCUT2D eigenvalue weighted by atomic mass is 19.4. The van der Waals surface area contributed by atoms with Crippen molar-refractivity contribution < 1.29 is 32.6 Å². The number of hydrogen-bond acceptors (Lipinski definition) is 8. The first kappa shape index (κ1) is 28.2. The number of aliphatic hydroxyl groups excluding tert-OH is 1. The summed E-state index contributed by atoms with van der Waals surface area (Å²) in [4.78, 5) is 39.6. The fourth-order valence-electron chi connectivity index (χ4n) is 3.35. The lowest BCUT2D eigenvalue weighted by Gasteiger charge is -2.10. The largest absolute Gasteiger partial charge is 0.573 e. The average molecular weight is 534 g/mol. The van der Waals surface area contributed by atoms with E-state index in [1.165, 1.54) is 29.0 Å². The minimum Gasteiger partial charge on any atom is -0.406 e. The van der Waals surface area contributed by atoms with Crippen LogP contribution < -0.4 is 21.1 Å². The van der Waals surface area contributed by atoms with Gasteiger partial charge in [0.2, 0.25) is 11.8 Å². The molecule has 202 valence electrons. The highest BCUT2D eigenvalue weighted by molar-refractivity contribution is 5.91. The molecular formula is C24H25F3N6O5. The number of alkyl halides is 3. The molecule has 0 unspecified atom stereocenters. The van der Waals surface area contributed by atoms with Crippen LogP contribution >= 0.6 is 0 Å². The highest BCUT2D eigenvalue weighted by Crippen LogP contribution is 2.23. The molecule has 3 rings (SSSR count). The SMILES string of the molecule is O=C(Cc1cccc(OC(F)(F)F)c1)Nc1ccc(CCCCn2ccc(NC(=O)CCO)nc2=O)nn1. The molecule has 38 heavy (non-hydrogen) atoms. The van der Waals surface area contributed by atoms with Crippen LogP contribution in [-0.4, -0.2) is 49.6 Å². The number of carbonyl (C=O) groups excluding carboxylic acids is 2. The van der Waals surface area contributed by atoms with Gasteiger partial charge in [-0.3, -0.25) is 14.2 Å². The first-order valence-electron chi connectivity index (χ1n) is 11.6. The van der Waals surface area contributed by atoms with Gasteiger partial charge in [-0.05, 0) is 55.2 Å². The van der Waals surface area contributed by atoms with Crippen LogP contribution in [0.25, 0.3) is 0 Å². The van der Waals surface area contributed by atoms with Crippen molar-refractivity contribution in [2.45, 2.75) is 45.0 Å². The second-order valence-electron chi connectivity index (χ2n) is 8.10. The van der Waals surface area contributed by atoms with E-state index in [2.05, 4.69) is 30.6 Å². The summed E-state index contributed by atoms with van der Waals surface area (Å²) in [7, 11) is 0. The Labute approximate surface area is 214 Å². The fourth-order valence-corrected chi connectivity index (χ4v) is 3.35. The number of nitrogens with zero attached hydrogens (tertiary/aromatic N) is 4. The molecule has 0 atom stereocenters. The van der Waals surface area contributed by atoms with Crippen LogP contribution in [0, 0.1) is 0 Å². The number of hydrogen-bond donors (Lipinski definition) is 3. The zero-order valence-corrected chi connectivity index (χ0v) is 20.1. The summed E-state index contributed by atoms with van der Waals surface area (Å²) in [5.41, 5.74) is 0.503. The van der Waals surface area contributed by atoms with E-state index >= 15 is 0 Å². The van der Waals surface area contributed by atoms with Crippen molar-refractivity contribution in [2.75, 3.05) is 17.2 Å². The van der Waals surface area contributed by atoms with Crippen LogP contribution in [0.15, 0.2) is 53.5 Å². The molecule has 0 spiro atoms. The monoisotopic (exact) mass is 534 g/mol. The molecule has 2 aromatic heterocycles. The Bertz CT molecular complexity index is 1300. The molecule has 0 bridgehead atoms. The van der Waals surface area contributed by atoms with Gasteiger partial charge in [-0.15, -0.1) is 18.3 Å². The average Bonchev–Trinajstić information content (AvgIpc) is 2.83. The predicted octanol–water partition coefficient (Wildman–Crippen LogP) is 2.46. The van der Waals surface area contributed by atoms with Gasteiger partial charge in [0.15, 0.2) is 5.82 Å². The predicted molar refractivity (Wildman–Crippen MR) is 129 cm³/mol. The molecule has 2 amide bonds. The van der Waals surface area contributed by atoms with E-state index < -0.39 is 29.6 Å². The summed E-state index contributed by atoms with van der Waals surface area (Å²) >= 11 is 0. The van der Waals surface area contributed by atoms with Gasteiger partial charge in [-0.25, -0.2) is 4.79 Å². The molecule has 0 aliphatic carbocycles. The molecule has 3 aromatic rings. The Morgan fingerprint density at radius 1 is 1.00 bits per heavy atom. The van der Waals surface area contributed by atoms with E-state index in [-0.39, 0.29) is 31.1 Å². The number of rotatable bonds is 12. The smallest absolute Gasteiger partial charge is 0.406 e. The number of nitrogens with one attached hydrogen (secondary N) is 2. The number of anilines is 2. The van der Waals surface area contributed by atoms with Crippen LogP contribution in [0.4, 0.5) is 24.8 Å². The minimum atomic E-state index is -4.82. The van der Waals surface area contributed by atoms with E-state index in [9.17, 15) is 27.6 Å². The van der Waals surface area contributed by atoms with E-state index in [1.807, 2.05) is 0 Å². The Morgan fingerprint density at radius 2 is 1.79 bits per heavy atom. The Kier molecular flexibility index (Phi) is 9.87. The number of carbonyl (C=O) groups is 2. The second-order valence-corrected chi connectivity index (χ2v) is 8.10. The van der Waals surface area contributed by atoms with Crippen molar-refractivity contribution in [1.82, 2.24) is 19.7 Å². The summed E-state index contributed by atoms with van der Waals surface area (Å²) in [6, 6.07) is 9.92. The van der Waals surface area contributed by atoms with Gasteiger partial charge >= 0.3 is 12.1 Å². The number of aromatic nitrogens is 4. The normalized spacial score (nSPS) is 11.2. The van der Waals surface area contributed by atoms with E-state index in [0.717, 1.165) is 12.1 Å². The topological polar surface area (TPSA) is 148 Å². The van der Waals surface area contributed by atoms with Crippen molar-refractivity contribution in [1.29, 1.82) is 0 Å². The summed E-state index contributed by atoms with van der Waals surface area (Å²) in [5, 5.41) is 21.7. The van der Waals surface area contributed by atoms with Gasteiger partial charge in [-0.2, -0.15) is 10.1 Å². The molecule has 3 N–H and O–H groups in total. The van der Waals surface area contributed by atoms with Crippen LogP contribution in [0.2, 0.25) is 0 Å². The maximum atomic E-state index is 12.4. The summed E-state index contributed by atoms with van der Waals surface area (Å²) in [6.45, 7) is 0.111. The van der Waals surface area contributed by atoms with E-state index in [0.29, 0.717) is 37.1 Å². The number of ether oxygens (including phenoxy) is 1. The van der Waals surface area contributed by atoms with Crippen LogP contribution in [-0.2, 0) is 29.0 Å². The zero-order valence-electron chi connectivity index (χ0n) is 20.1. The third-order valence-corrected chi connectivity index (χ3v) is 5.05. The second kappa shape index (κ2) is 13.3. The van der Waals surface area contributed by atoms with Crippen molar-refractivity contribution in [2.24, 2.45) is 0 Å². The lowest BCUT2D eigenvalue weighted by molar-refractivity contribution is -0.274. The number of benzene rings is 1. The molecule has 0 saturated heterocycles. The molecule has 0 saturated carbocycles. The lowest BCUT2D eigenvalue weighted by atomic mass is 10.1. The Morgan fingerprint density at radius 3 is 2.47 bits per heavy atom. The van der Waals surface area contributed by atoms with Crippen molar-refractivity contribution in [3.8, 4) is 5.75 Å². The highest BCUT2D eigenvalue weighted by Gasteiger charge is 2.31. The van der Waals surface area contributed by atoms with E-state index in [1.54, 1.807) is 12.1 Å². The molecule has 11 nitrogen and oxygen atoms in total. The molecule has 0 aliphatic rings. The third-order valence-electron chi connectivity index (χ3n) is 5.05. The van der Waals surface area contributed by atoms with Gasteiger partial charge in [-0.1, -0.05) is 12.1 Å². The molecule has 1 aromatic carbocycles.